The lowest BCUT2D eigenvalue weighted by molar-refractivity contribution is -0.0811. The second-order valence-corrected chi connectivity index (χ2v) is 8.88. The fraction of sp³-hybridized carbons (Fsp3) is 0.524. The fourth-order valence-electron chi connectivity index (χ4n) is 4.73. The number of aryl methyl sites for hydroxylation is 2. The highest BCUT2D eigenvalue weighted by Gasteiger charge is 2.47. The molecule has 0 bridgehead atoms. The number of fused-ring (bicyclic) bond motifs is 2. The summed E-state index contributed by atoms with van der Waals surface area (Å²) in [4.78, 5) is 15.2. The summed E-state index contributed by atoms with van der Waals surface area (Å²) in [6.45, 7) is 0.496. The first-order valence-corrected chi connectivity index (χ1v) is 10.7. The van der Waals surface area contributed by atoms with Gasteiger partial charge in [0.05, 0.1) is 18.8 Å². The van der Waals surface area contributed by atoms with Gasteiger partial charge in [-0.15, -0.1) is 11.3 Å². The quantitative estimate of drug-likeness (QED) is 0.800. The third-order valence-electron chi connectivity index (χ3n) is 6.40. The van der Waals surface area contributed by atoms with E-state index in [-0.39, 0.29) is 29.7 Å². The Morgan fingerprint density at radius 2 is 2.14 bits per heavy atom. The van der Waals surface area contributed by atoms with E-state index in [1.165, 1.54) is 22.5 Å². The molecule has 2 aromatic rings. The van der Waals surface area contributed by atoms with Crippen molar-refractivity contribution in [3.8, 4) is 5.75 Å². The molecule has 1 aromatic carbocycles. The summed E-state index contributed by atoms with van der Waals surface area (Å²) < 4.78 is 12.3. The van der Waals surface area contributed by atoms with Gasteiger partial charge in [-0.2, -0.15) is 0 Å². The predicted molar refractivity (Wildman–Crippen MR) is 103 cm³/mol. The largest absolute Gasteiger partial charge is 0.493 e. The molecule has 148 valence electrons. The number of aliphatic hydroxyl groups is 1. The van der Waals surface area contributed by atoms with E-state index < -0.39 is 12.1 Å². The first-order chi connectivity index (χ1) is 13.6. The van der Waals surface area contributed by atoms with Crippen LogP contribution in [-0.4, -0.2) is 40.0 Å². The fourth-order valence-corrected chi connectivity index (χ4v) is 5.59. The van der Waals surface area contributed by atoms with E-state index in [0.717, 1.165) is 31.4 Å². The highest BCUT2D eigenvalue weighted by Crippen LogP contribution is 2.46. The van der Waals surface area contributed by atoms with Crippen molar-refractivity contribution < 1.29 is 24.5 Å². The Morgan fingerprint density at radius 1 is 1.29 bits per heavy atom. The minimum atomic E-state index is -1.01. The molecule has 28 heavy (non-hydrogen) atoms. The Morgan fingerprint density at radius 3 is 2.86 bits per heavy atom. The van der Waals surface area contributed by atoms with Crippen molar-refractivity contribution in [1.82, 2.24) is 4.98 Å². The first-order valence-electron chi connectivity index (χ1n) is 9.85. The van der Waals surface area contributed by atoms with Crippen LogP contribution in [0.2, 0.25) is 0 Å². The van der Waals surface area contributed by atoms with Crippen molar-refractivity contribution in [2.45, 2.75) is 50.4 Å². The number of thiazole rings is 1. The van der Waals surface area contributed by atoms with Crippen LogP contribution in [-0.2, 0) is 17.6 Å². The monoisotopic (exact) mass is 401 g/mol. The van der Waals surface area contributed by atoms with Crippen LogP contribution in [0.5, 0.6) is 5.75 Å². The summed E-state index contributed by atoms with van der Waals surface area (Å²) in [5.74, 6) is 0.188. The number of hydrogen-bond donors (Lipinski definition) is 2. The number of rotatable bonds is 5. The zero-order valence-electron chi connectivity index (χ0n) is 15.4. The van der Waals surface area contributed by atoms with Gasteiger partial charge in [0.2, 0.25) is 0 Å². The molecule has 3 aliphatic rings. The summed E-state index contributed by atoms with van der Waals surface area (Å²) >= 11 is 1.33. The molecule has 2 fully saturated rings. The molecule has 5 rings (SSSR count). The molecule has 2 heterocycles. The second kappa shape index (κ2) is 7.13. The summed E-state index contributed by atoms with van der Waals surface area (Å²) in [5, 5.41) is 21.9. The molecule has 1 saturated heterocycles. The standard InChI is InChI=1S/C21H23NO5S/c23-17-8-19-14(5-6-18(27-19)20-22-16(10-28-20)21(24)25)15(17)9-26-13-4-3-11-1-2-12(11)7-13/h3-4,7,10,14-15,17-19,23H,1-2,5-6,8-9H2,(H,24,25)/t14-,15-,17+,18-,19+/m1/s1. The molecule has 0 radical (unpaired) electrons. The Kier molecular flexibility index (Phi) is 4.61. The molecule has 1 saturated carbocycles. The van der Waals surface area contributed by atoms with Gasteiger partial charge in [0.15, 0.2) is 5.69 Å². The van der Waals surface area contributed by atoms with Crippen molar-refractivity contribution in [3.63, 3.8) is 0 Å². The molecule has 7 heteroatoms. The number of aromatic nitrogens is 1. The lowest BCUT2D eigenvalue weighted by Crippen LogP contribution is -2.33. The molecular weight excluding hydrogens is 378 g/mol. The van der Waals surface area contributed by atoms with Crippen LogP contribution in [0.4, 0.5) is 0 Å². The second-order valence-electron chi connectivity index (χ2n) is 7.99. The minimum absolute atomic E-state index is 0.0312. The average molecular weight is 401 g/mol. The van der Waals surface area contributed by atoms with Crippen molar-refractivity contribution in [2.24, 2.45) is 11.8 Å². The van der Waals surface area contributed by atoms with Crippen LogP contribution in [0.1, 0.15) is 52.0 Å². The predicted octanol–water partition coefficient (Wildman–Crippen LogP) is 3.24. The number of carboxylic acid groups (broad SMARTS) is 1. The maximum absolute atomic E-state index is 11.1. The van der Waals surface area contributed by atoms with Crippen LogP contribution in [0.3, 0.4) is 0 Å². The molecule has 1 aliphatic heterocycles. The summed E-state index contributed by atoms with van der Waals surface area (Å²) in [7, 11) is 0. The number of nitrogens with zero attached hydrogens (tertiary/aromatic N) is 1. The summed E-state index contributed by atoms with van der Waals surface area (Å²) in [6, 6.07) is 6.27. The van der Waals surface area contributed by atoms with Crippen molar-refractivity contribution in [3.05, 3.63) is 45.4 Å². The zero-order valence-corrected chi connectivity index (χ0v) is 16.2. The van der Waals surface area contributed by atoms with Gasteiger partial charge in [-0.1, -0.05) is 6.07 Å². The molecule has 0 unspecified atom stereocenters. The lowest BCUT2D eigenvalue weighted by atomic mass is 9.87. The summed E-state index contributed by atoms with van der Waals surface area (Å²) in [5.41, 5.74) is 2.85. The Balaban J connectivity index is 1.22. The number of ether oxygens (including phenoxy) is 2. The van der Waals surface area contributed by atoms with Gasteiger partial charge in [-0.05, 0) is 54.9 Å². The van der Waals surface area contributed by atoms with E-state index in [1.807, 2.05) is 6.07 Å². The SMILES string of the molecule is O=C(O)c1csc([C@H]2CC[C@@H]3[C@@H](COc4ccc5c(c4)CC5)[C@@H](O)C[C@@H]3O2)n1. The number of aliphatic hydroxyl groups excluding tert-OH is 1. The Hall–Kier alpha value is -1.96. The number of aromatic carboxylic acids is 1. The summed E-state index contributed by atoms with van der Waals surface area (Å²) in [6.07, 6.45) is 3.94. The van der Waals surface area contributed by atoms with Crippen LogP contribution in [0.25, 0.3) is 0 Å². The molecule has 0 amide bonds. The number of hydrogen-bond acceptors (Lipinski definition) is 6. The van der Waals surface area contributed by atoms with E-state index in [0.29, 0.717) is 18.0 Å². The molecule has 2 aliphatic carbocycles. The van der Waals surface area contributed by atoms with E-state index in [1.54, 1.807) is 5.38 Å². The maximum Gasteiger partial charge on any atom is 0.355 e. The van der Waals surface area contributed by atoms with Gasteiger partial charge in [0.1, 0.15) is 16.9 Å². The number of carboxylic acids is 1. The van der Waals surface area contributed by atoms with Gasteiger partial charge in [-0.25, -0.2) is 9.78 Å². The van der Waals surface area contributed by atoms with E-state index in [4.69, 9.17) is 14.6 Å². The Labute approximate surface area is 167 Å². The Bertz CT molecular complexity index is 897. The third kappa shape index (κ3) is 3.21. The highest BCUT2D eigenvalue weighted by molar-refractivity contribution is 7.09. The van der Waals surface area contributed by atoms with E-state index in [2.05, 4.69) is 17.1 Å². The molecule has 2 N–H and O–H groups in total. The highest BCUT2D eigenvalue weighted by atomic mass is 32.1. The van der Waals surface area contributed by atoms with Crippen LogP contribution >= 0.6 is 11.3 Å². The van der Waals surface area contributed by atoms with Gasteiger partial charge in [0, 0.05) is 17.7 Å². The molecular formula is C21H23NO5S. The van der Waals surface area contributed by atoms with E-state index in [9.17, 15) is 9.90 Å². The van der Waals surface area contributed by atoms with Crippen molar-refractivity contribution >= 4 is 17.3 Å². The zero-order chi connectivity index (χ0) is 19.3. The van der Waals surface area contributed by atoms with E-state index >= 15 is 0 Å². The van der Waals surface area contributed by atoms with Gasteiger partial charge < -0.3 is 19.7 Å². The molecule has 6 nitrogen and oxygen atoms in total. The van der Waals surface area contributed by atoms with Crippen molar-refractivity contribution in [1.29, 1.82) is 0 Å². The van der Waals surface area contributed by atoms with Crippen LogP contribution in [0.15, 0.2) is 23.6 Å². The van der Waals surface area contributed by atoms with Gasteiger partial charge in [0.25, 0.3) is 0 Å². The third-order valence-corrected chi connectivity index (χ3v) is 7.33. The first kappa shape index (κ1) is 18.1. The molecule has 0 spiro atoms. The smallest absolute Gasteiger partial charge is 0.355 e. The van der Waals surface area contributed by atoms with Crippen LogP contribution in [0, 0.1) is 11.8 Å². The molecule has 5 atom stereocenters. The maximum atomic E-state index is 11.1. The van der Waals surface area contributed by atoms with Crippen molar-refractivity contribution in [2.75, 3.05) is 6.61 Å². The number of benzene rings is 1. The van der Waals surface area contributed by atoms with Gasteiger partial charge in [-0.3, -0.25) is 0 Å². The minimum Gasteiger partial charge on any atom is -0.493 e. The molecule has 1 aromatic heterocycles. The lowest BCUT2D eigenvalue weighted by Gasteiger charge is -2.34. The normalized spacial score (nSPS) is 31.0. The number of carbonyl (C=O) groups is 1. The average Bonchev–Trinajstić information content (AvgIpc) is 3.26. The van der Waals surface area contributed by atoms with Crippen LogP contribution < -0.4 is 4.74 Å². The van der Waals surface area contributed by atoms with Gasteiger partial charge >= 0.3 is 5.97 Å². The topological polar surface area (TPSA) is 88.9 Å².